The summed E-state index contributed by atoms with van der Waals surface area (Å²) in [6, 6.07) is 5.19. The number of fused-ring (bicyclic) bond motifs is 1. The zero-order valence-electron chi connectivity index (χ0n) is 6.10. The predicted octanol–water partition coefficient (Wildman–Crippen LogP) is 3.35. The summed E-state index contributed by atoms with van der Waals surface area (Å²) in [7, 11) is 0. The monoisotopic (exact) mass is 166 g/mol. The van der Waals surface area contributed by atoms with Crippen LogP contribution in [0.4, 0.5) is 4.39 Å². The molecule has 2 rings (SSSR count). The number of hydrogen-bond donors (Lipinski definition) is 0. The van der Waals surface area contributed by atoms with Crippen LogP contribution in [0.5, 0.6) is 0 Å². The summed E-state index contributed by atoms with van der Waals surface area (Å²) < 4.78 is 13.8. The van der Waals surface area contributed by atoms with Crippen molar-refractivity contribution in [1.82, 2.24) is 0 Å². The Kier molecular flexibility index (Phi) is 1.43. The van der Waals surface area contributed by atoms with Gasteiger partial charge in [-0.3, -0.25) is 0 Å². The molecule has 0 amide bonds. The van der Waals surface area contributed by atoms with E-state index < -0.39 is 0 Å². The molecule has 2 aromatic rings. The Morgan fingerprint density at radius 1 is 1.36 bits per heavy atom. The second kappa shape index (κ2) is 2.31. The summed E-state index contributed by atoms with van der Waals surface area (Å²) in [5.41, 5.74) is 1.16. The fourth-order valence-corrected chi connectivity index (χ4v) is 2.11. The average Bonchev–Trinajstić information content (AvgIpc) is 2.35. The maximum Gasteiger partial charge on any atom is 0.140 e. The Balaban J connectivity index is 2.94. The van der Waals surface area contributed by atoms with Gasteiger partial charge in [0.1, 0.15) is 5.82 Å². The molecular weight excluding hydrogens is 159 g/mol. The van der Waals surface area contributed by atoms with E-state index in [0.29, 0.717) is 0 Å². The Morgan fingerprint density at radius 2 is 2.18 bits per heavy atom. The van der Waals surface area contributed by atoms with E-state index in [9.17, 15) is 4.39 Å². The molecule has 1 aromatic heterocycles. The average molecular weight is 166 g/mol. The number of thiophene rings is 1. The molecule has 1 heterocycles. The van der Waals surface area contributed by atoms with E-state index in [4.69, 9.17) is 0 Å². The van der Waals surface area contributed by atoms with Crippen molar-refractivity contribution >= 4 is 21.4 Å². The zero-order valence-corrected chi connectivity index (χ0v) is 6.91. The highest BCUT2D eigenvalue weighted by molar-refractivity contribution is 7.17. The summed E-state index contributed by atoms with van der Waals surface area (Å²) in [5, 5.41) is 3.02. The first-order chi connectivity index (χ1) is 5.29. The second-order valence-electron chi connectivity index (χ2n) is 2.54. The molecule has 56 valence electrons. The number of halogens is 1. The van der Waals surface area contributed by atoms with Gasteiger partial charge in [-0.05, 0) is 29.3 Å². The predicted molar refractivity (Wildman–Crippen MR) is 46.5 cm³/mol. The molecule has 0 N–H and O–H groups in total. The number of hydrogen-bond acceptors (Lipinski definition) is 1. The Morgan fingerprint density at radius 3 is 2.91 bits per heavy atom. The highest BCUT2D eigenvalue weighted by Crippen LogP contribution is 2.27. The van der Waals surface area contributed by atoms with Gasteiger partial charge in [0, 0.05) is 0 Å². The fraction of sp³-hybridized carbons (Fsp3) is 0.111. The molecule has 2 heteroatoms. The minimum Gasteiger partial charge on any atom is -0.205 e. The van der Waals surface area contributed by atoms with Crippen molar-refractivity contribution in [1.29, 1.82) is 0 Å². The molecule has 0 nitrogen and oxygen atoms in total. The Labute approximate surface area is 68.3 Å². The third-order valence-electron chi connectivity index (χ3n) is 1.75. The summed E-state index contributed by atoms with van der Waals surface area (Å²) in [4.78, 5) is 0. The maximum atomic E-state index is 13.0. The van der Waals surface area contributed by atoms with Crippen molar-refractivity contribution in [2.45, 2.75) is 6.92 Å². The first-order valence-corrected chi connectivity index (χ1v) is 4.29. The first kappa shape index (κ1) is 6.80. The van der Waals surface area contributed by atoms with Crippen LogP contribution in [-0.4, -0.2) is 0 Å². The fourth-order valence-electron chi connectivity index (χ4n) is 1.15. The highest BCUT2D eigenvalue weighted by atomic mass is 32.1. The van der Waals surface area contributed by atoms with Crippen molar-refractivity contribution in [3.05, 3.63) is 35.0 Å². The van der Waals surface area contributed by atoms with E-state index in [2.05, 4.69) is 0 Å². The van der Waals surface area contributed by atoms with Crippen LogP contribution in [-0.2, 0) is 0 Å². The van der Waals surface area contributed by atoms with Crippen LogP contribution in [0.3, 0.4) is 0 Å². The molecule has 11 heavy (non-hydrogen) atoms. The SMILES string of the molecule is Cc1csc2c(F)cccc12. The molecule has 0 fully saturated rings. The van der Waals surface area contributed by atoms with E-state index in [1.165, 1.54) is 17.4 Å². The van der Waals surface area contributed by atoms with Gasteiger partial charge < -0.3 is 0 Å². The smallest absolute Gasteiger partial charge is 0.140 e. The van der Waals surface area contributed by atoms with Crippen molar-refractivity contribution in [2.24, 2.45) is 0 Å². The van der Waals surface area contributed by atoms with E-state index in [1.54, 1.807) is 6.07 Å². The zero-order chi connectivity index (χ0) is 7.84. The van der Waals surface area contributed by atoms with Gasteiger partial charge in [0.05, 0.1) is 4.70 Å². The summed E-state index contributed by atoms with van der Waals surface area (Å²) in [5.74, 6) is -0.111. The van der Waals surface area contributed by atoms with Gasteiger partial charge in [0.2, 0.25) is 0 Å². The van der Waals surface area contributed by atoms with Crippen LogP contribution in [0.25, 0.3) is 10.1 Å². The molecule has 0 unspecified atom stereocenters. The highest BCUT2D eigenvalue weighted by Gasteiger charge is 2.02. The lowest BCUT2D eigenvalue weighted by Gasteiger charge is -1.90. The molecule has 0 bridgehead atoms. The minimum absolute atomic E-state index is 0.111. The minimum atomic E-state index is -0.111. The molecule has 0 spiro atoms. The van der Waals surface area contributed by atoms with Crippen molar-refractivity contribution < 1.29 is 4.39 Å². The van der Waals surface area contributed by atoms with E-state index in [1.807, 2.05) is 18.4 Å². The Bertz CT molecular complexity index is 389. The lowest BCUT2D eigenvalue weighted by atomic mass is 10.2. The number of rotatable bonds is 0. The van der Waals surface area contributed by atoms with Crippen LogP contribution in [0.1, 0.15) is 5.56 Å². The van der Waals surface area contributed by atoms with Gasteiger partial charge in [-0.1, -0.05) is 12.1 Å². The molecule has 0 aliphatic carbocycles. The molecular formula is C9H7FS. The van der Waals surface area contributed by atoms with Gasteiger partial charge in [-0.25, -0.2) is 4.39 Å². The number of aryl methyl sites for hydroxylation is 1. The molecule has 0 aliphatic rings. The standard InChI is InChI=1S/C9H7FS/c1-6-5-11-9-7(6)3-2-4-8(9)10/h2-5H,1H3. The van der Waals surface area contributed by atoms with Crippen LogP contribution < -0.4 is 0 Å². The molecule has 0 radical (unpaired) electrons. The maximum absolute atomic E-state index is 13.0. The lowest BCUT2D eigenvalue weighted by Crippen LogP contribution is -1.72. The largest absolute Gasteiger partial charge is 0.205 e. The van der Waals surface area contributed by atoms with Crippen molar-refractivity contribution in [3.63, 3.8) is 0 Å². The lowest BCUT2D eigenvalue weighted by molar-refractivity contribution is 0.641. The third kappa shape index (κ3) is 0.942. The first-order valence-electron chi connectivity index (χ1n) is 3.41. The van der Waals surface area contributed by atoms with Crippen LogP contribution in [0, 0.1) is 12.7 Å². The molecule has 0 atom stereocenters. The van der Waals surface area contributed by atoms with Crippen LogP contribution in [0.15, 0.2) is 23.6 Å². The van der Waals surface area contributed by atoms with Crippen molar-refractivity contribution in [2.75, 3.05) is 0 Å². The summed E-state index contributed by atoms with van der Waals surface area (Å²) in [6.45, 7) is 2.00. The van der Waals surface area contributed by atoms with E-state index in [0.717, 1.165) is 15.6 Å². The van der Waals surface area contributed by atoms with Gasteiger partial charge in [-0.2, -0.15) is 0 Å². The molecule has 0 saturated carbocycles. The third-order valence-corrected chi connectivity index (χ3v) is 2.87. The van der Waals surface area contributed by atoms with Gasteiger partial charge in [0.25, 0.3) is 0 Å². The summed E-state index contributed by atoms with van der Waals surface area (Å²) in [6.07, 6.45) is 0. The van der Waals surface area contributed by atoms with Gasteiger partial charge in [0.15, 0.2) is 0 Å². The number of benzene rings is 1. The normalized spacial score (nSPS) is 10.7. The quantitative estimate of drug-likeness (QED) is 0.563. The van der Waals surface area contributed by atoms with Crippen LogP contribution in [0.2, 0.25) is 0 Å². The van der Waals surface area contributed by atoms with Crippen LogP contribution >= 0.6 is 11.3 Å². The Hall–Kier alpha value is -0.890. The molecule has 0 aliphatic heterocycles. The van der Waals surface area contributed by atoms with E-state index >= 15 is 0 Å². The van der Waals surface area contributed by atoms with Gasteiger partial charge in [-0.15, -0.1) is 11.3 Å². The van der Waals surface area contributed by atoms with E-state index in [-0.39, 0.29) is 5.82 Å². The van der Waals surface area contributed by atoms with Crippen molar-refractivity contribution in [3.8, 4) is 0 Å². The summed E-state index contributed by atoms with van der Waals surface area (Å²) >= 11 is 1.47. The van der Waals surface area contributed by atoms with Gasteiger partial charge >= 0.3 is 0 Å². The molecule has 1 aromatic carbocycles. The second-order valence-corrected chi connectivity index (χ2v) is 3.41. The topological polar surface area (TPSA) is 0 Å². The molecule has 0 saturated heterocycles.